The van der Waals surface area contributed by atoms with Crippen LogP contribution < -0.4 is 5.32 Å². The van der Waals surface area contributed by atoms with Crippen molar-refractivity contribution in [3.8, 4) is 0 Å². The summed E-state index contributed by atoms with van der Waals surface area (Å²) in [6, 6.07) is 21.9. The molecular weight excluding hydrogens is 294 g/mol. The lowest BCUT2D eigenvalue weighted by molar-refractivity contribution is 0.0575. The minimum Gasteiger partial charge on any atom is -0.381 e. The van der Waals surface area contributed by atoms with Gasteiger partial charge in [0.05, 0.1) is 18.8 Å². The highest BCUT2D eigenvalue weighted by atomic mass is 16.5. The number of hydrogen-bond acceptors (Lipinski definition) is 2. The predicted molar refractivity (Wildman–Crippen MR) is 97.6 cm³/mol. The molecule has 0 amide bonds. The monoisotopic (exact) mass is 319 g/mol. The second kappa shape index (κ2) is 6.82. The molecular formula is C22H25NO. The largest absolute Gasteiger partial charge is 0.381 e. The maximum atomic E-state index is 6.17. The molecule has 0 unspecified atom stereocenters. The minimum atomic E-state index is 0.255. The van der Waals surface area contributed by atoms with Crippen molar-refractivity contribution in [3.63, 3.8) is 0 Å². The van der Waals surface area contributed by atoms with E-state index in [2.05, 4.69) is 72.9 Å². The molecule has 2 aliphatic rings. The van der Waals surface area contributed by atoms with Gasteiger partial charge in [0, 0.05) is 18.0 Å². The van der Waals surface area contributed by atoms with Crippen molar-refractivity contribution in [2.75, 3.05) is 6.61 Å². The number of hydrogen-bond donors (Lipinski definition) is 1. The zero-order valence-corrected chi connectivity index (χ0v) is 14.2. The van der Waals surface area contributed by atoms with Gasteiger partial charge in [0.15, 0.2) is 0 Å². The summed E-state index contributed by atoms with van der Waals surface area (Å²) in [5, 5.41) is 3.79. The van der Waals surface area contributed by atoms with E-state index in [9.17, 15) is 0 Å². The van der Waals surface area contributed by atoms with E-state index in [1.54, 1.807) is 0 Å². The van der Waals surface area contributed by atoms with Crippen LogP contribution in [0.25, 0.3) is 0 Å². The van der Waals surface area contributed by atoms with Crippen LogP contribution >= 0.6 is 0 Å². The lowest BCUT2D eigenvalue weighted by atomic mass is 9.86. The molecule has 0 saturated heterocycles. The van der Waals surface area contributed by atoms with Crippen molar-refractivity contribution in [2.45, 2.75) is 38.3 Å². The minimum absolute atomic E-state index is 0.255. The van der Waals surface area contributed by atoms with Gasteiger partial charge in [0.25, 0.3) is 0 Å². The summed E-state index contributed by atoms with van der Waals surface area (Å²) in [4.78, 5) is 0. The zero-order valence-electron chi connectivity index (χ0n) is 14.2. The van der Waals surface area contributed by atoms with Crippen LogP contribution in [0, 0.1) is 5.92 Å². The van der Waals surface area contributed by atoms with Crippen molar-refractivity contribution in [1.29, 1.82) is 0 Å². The van der Waals surface area contributed by atoms with Crippen molar-refractivity contribution < 1.29 is 4.74 Å². The molecule has 2 aromatic carbocycles. The molecule has 0 saturated carbocycles. The quantitative estimate of drug-likeness (QED) is 0.886. The predicted octanol–water partition coefficient (Wildman–Crippen LogP) is 4.64. The van der Waals surface area contributed by atoms with Gasteiger partial charge in [-0.05, 0) is 29.5 Å². The van der Waals surface area contributed by atoms with Crippen LogP contribution in [-0.4, -0.2) is 12.7 Å². The third-order valence-electron chi connectivity index (χ3n) is 5.38. The first-order chi connectivity index (χ1) is 11.8. The molecule has 2 aromatic rings. The molecule has 0 radical (unpaired) electrons. The highest BCUT2D eigenvalue weighted by molar-refractivity contribution is 5.35. The van der Waals surface area contributed by atoms with Crippen molar-refractivity contribution in [2.24, 2.45) is 5.92 Å². The van der Waals surface area contributed by atoms with Gasteiger partial charge < -0.3 is 10.1 Å². The Morgan fingerprint density at radius 3 is 2.46 bits per heavy atom. The smallest absolute Gasteiger partial charge is 0.0811 e. The van der Waals surface area contributed by atoms with Crippen LogP contribution in [0.2, 0.25) is 0 Å². The second-order valence-corrected chi connectivity index (χ2v) is 6.89. The van der Waals surface area contributed by atoms with E-state index in [1.165, 1.54) is 22.4 Å². The van der Waals surface area contributed by atoms with Crippen LogP contribution in [0.1, 0.15) is 36.9 Å². The van der Waals surface area contributed by atoms with E-state index in [4.69, 9.17) is 4.74 Å². The average Bonchev–Trinajstić information content (AvgIpc) is 2.99. The normalized spacial score (nSPS) is 26.1. The third kappa shape index (κ3) is 2.99. The fraction of sp³-hybridized carbons (Fsp3) is 0.364. The van der Waals surface area contributed by atoms with Crippen molar-refractivity contribution in [1.82, 2.24) is 5.32 Å². The van der Waals surface area contributed by atoms with Gasteiger partial charge in [0.1, 0.15) is 0 Å². The summed E-state index contributed by atoms with van der Waals surface area (Å²) in [7, 11) is 0. The van der Waals surface area contributed by atoms with E-state index in [1.807, 2.05) is 0 Å². The lowest BCUT2D eigenvalue weighted by Crippen LogP contribution is -2.25. The summed E-state index contributed by atoms with van der Waals surface area (Å²) >= 11 is 0. The van der Waals surface area contributed by atoms with E-state index < -0.39 is 0 Å². The molecule has 0 spiro atoms. The van der Waals surface area contributed by atoms with Crippen molar-refractivity contribution >= 4 is 0 Å². The highest BCUT2D eigenvalue weighted by Crippen LogP contribution is 2.42. The van der Waals surface area contributed by atoms with E-state index >= 15 is 0 Å². The first-order valence-corrected chi connectivity index (χ1v) is 9.03. The average molecular weight is 319 g/mol. The Morgan fingerprint density at radius 1 is 1.00 bits per heavy atom. The lowest BCUT2D eigenvalue weighted by Gasteiger charge is -2.27. The number of rotatable bonds is 4. The number of nitrogens with one attached hydrogen (secondary N) is 1. The Balaban J connectivity index is 1.50. The molecule has 124 valence electrons. The highest BCUT2D eigenvalue weighted by Gasteiger charge is 2.38. The molecule has 24 heavy (non-hydrogen) atoms. The van der Waals surface area contributed by atoms with E-state index in [0.717, 1.165) is 25.9 Å². The van der Waals surface area contributed by atoms with Gasteiger partial charge in [-0.3, -0.25) is 0 Å². The van der Waals surface area contributed by atoms with Gasteiger partial charge in [0.2, 0.25) is 0 Å². The number of ether oxygens (including phenoxy) is 1. The standard InChI is InChI=1S/C22H25NO/c1-16-21-19(23-22(16)18-10-6-3-7-11-18)14-15-24-20(21)13-12-17-8-4-2-5-9-17/h2-11,16,20,22-23H,12-15H2,1H3/t16-,20-,22+/m1/s1. The van der Waals surface area contributed by atoms with Crippen molar-refractivity contribution in [3.05, 3.63) is 83.1 Å². The molecule has 1 N–H and O–H groups in total. The van der Waals surface area contributed by atoms with Gasteiger partial charge >= 0.3 is 0 Å². The third-order valence-corrected chi connectivity index (χ3v) is 5.38. The van der Waals surface area contributed by atoms with Crippen LogP contribution in [0.5, 0.6) is 0 Å². The molecule has 2 heterocycles. The molecule has 0 aliphatic carbocycles. The van der Waals surface area contributed by atoms with Gasteiger partial charge in [-0.2, -0.15) is 0 Å². The molecule has 0 bridgehead atoms. The zero-order chi connectivity index (χ0) is 16.4. The van der Waals surface area contributed by atoms with Gasteiger partial charge in [-0.1, -0.05) is 67.6 Å². The van der Waals surface area contributed by atoms with Crippen LogP contribution in [0.15, 0.2) is 71.9 Å². The Labute approximate surface area is 144 Å². The molecule has 0 aromatic heterocycles. The summed E-state index contributed by atoms with van der Waals surface area (Å²) < 4.78 is 6.17. The number of benzene rings is 2. The first kappa shape index (κ1) is 15.5. The first-order valence-electron chi connectivity index (χ1n) is 9.03. The SMILES string of the molecule is C[C@@H]1C2=C(CCO[C@@H]2CCc2ccccc2)N[C@@H]1c1ccccc1. The number of aryl methyl sites for hydroxylation is 1. The molecule has 2 aliphatic heterocycles. The van der Waals surface area contributed by atoms with Crippen LogP contribution in [0.4, 0.5) is 0 Å². The Morgan fingerprint density at radius 2 is 1.71 bits per heavy atom. The maximum absolute atomic E-state index is 6.17. The molecule has 2 nitrogen and oxygen atoms in total. The summed E-state index contributed by atoms with van der Waals surface area (Å²) in [6.45, 7) is 3.18. The summed E-state index contributed by atoms with van der Waals surface area (Å²) in [5.41, 5.74) is 5.71. The van der Waals surface area contributed by atoms with Crippen LogP contribution in [0.3, 0.4) is 0 Å². The Kier molecular flexibility index (Phi) is 4.40. The van der Waals surface area contributed by atoms with Crippen LogP contribution in [-0.2, 0) is 11.2 Å². The fourth-order valence-corrected chi connectivity index (χ4v) is 4.16. The molecule has 4 rings (SSSR count). The van der Waals surface area contributed by atoms with Gasteiger partial charge in [-0.25, -0.2) is 0 Å². The second-order valence-electron chi connectivity index (χ2n) is 6.89. The van der Waals surface area contributed by atoms with E-state index in [-0.39, 0.29) is 6.10 Å². The molecule has 3 atom stereocenters. The molecule has 0 fully saturated rings. The van der Waals surface area contributed by atoms with E-state index in [0.29, 0.717) is 12.0 Å². The maximum Gasteiger partial charge on any atom is 0.0811 e. The summed E-state index contributed by atoms with van der Waals surface area (Å²) in [5.74, 6) is 0.489. The fourth-order valence-electron chi connectivity index (χ4n) is 4.16. The topological polar surface area (TPSA) is 21.3 Å². The Bertz CT molecular complexity index is 707. The summed E-state index contributed by atoms with van der Waals surface area (Å²) in [6.07, 6.45) is 3.41. The Hall–Kier alpha value is -2.06. The molecule has 2 heteroatoms. The van der Waals surface area contributed by atoms with Gasteiger partial charge in [-0.15, -0.1) is 0 Å².